The first-order chi connectivity index (χ1) is 5.49. The fourth-order valence-corrected chi connectivity index (χ4v) is 1.42. The normalized spacial score (nSPS) is 12.8. The van der Waals surface area contributed by atoms with Gasteiger partial charge in [-0.25, -0.2) is 0 Å². The van der Waals surface area contributed by atoms with E-state index in [4.69, 9.17) is 0 Å². The van der Waals surface area contributed by atoms with Crippen LogP contribution >= 0.6 is 0 Å². The largest absolute Gasteiger partial charge is 0.358 e. The summed E-state index contributed by atoms with van der Waals surface area (Å²) in [5.74, 6) is 1.16. The highest BCUT2D eigenvalue weighted by Crippen LogP contribution is 2.01. The van der Waals surface area contributed by atoms with Gasteiger partial charge in [-0.1, -0.05) is 0 Å². The highest BCUT2D eigenvalue weighted by molar-refractivity contribution is 5.80. The van der Waals surface area contributed by atoms with E-state index in [0.29, 0.717) is 12.1 Å². The van der Waals surface area contributed by atoms with Crippen molar-refractivity contribution in [3.8, 4) is 0 Å². The van der Waals surface area contributed by atoms with Crippen LogP contribution in [0, 0.1) is 0 Å². The molecule has 0 bridgehead atoms. The standard InChI is InChI=1S/C10H22N2/c1-7-12(9(4)5)10(6)11-8(2)3/h8-9H,7H2,1-6H3. The first kappa shape index (κ1) is 11.5. The molecule has 0 heterocycles. The van der Waals surface area contributed by atoms with Crippen molar-refractivity contribution >= 4 is 5.84 Å². The maximum atomic E-state index is 4.51. The average Bonchev–Trinajstić information content (AvgIpc) is 1.85. The molecule has 0 spiro atoms. The summed E-state index contributed by atoms with van der Waals surface area (Å²) in [5.41, 5.74) is 0. The van der Waals surface area contributed by atoms with Gasteiger partial charge < -0.3 is 4.90 Å². The molecule has 0 saturated heterocycles. The Morgan fingerprint density at radius 2 is 1.75 bits per heavy atom. The zero-order chi connectivity index (χ0) is 9.72. The number of aliphatic imine (C=N–C) groups is 1. The molecule has 0 aromatic rings. The molecular weight excluding hydrogens is 148 g/mol. The van der Waals surface area contributed by atoms with Gasteiger partial charge in [0.05, 0.1) is 5.84 Å². The molecule has 0 atom stereocenters. The van der Waals surface area contributed by atoms with Crippen LogP contribution < -0.4 is 0 Å². The van der Waals surface area contributed by atoms with Crippen LogP contribution in [0.5, 0.6) is 0 Å². The molecule has 0 radical (unpaired) electrons. The molecule has 0 aromatic carbocycles. The first-order valence-corrected chi connectivity index (χ1v) is 4.80. The lowest BCUT2D eigenvalue weighted by atomic mass is 10.3. The van der Waals surface area contributed by atoms with E-state index in [9.17, 15) is 0 Å². The molecule has 0 aliphatic rings. The van der Waals surface area contributed by atoms with E-state index >= 15 is 0 Å². The lowest BCUT2D eigenvalue weighted by Gasteiger charge is -2.27. The van der Waals surface area contributed by atoms with Gasteiger partial charge in [-0.3, -0.25) is 4.99 Å². The molecule has 72 valence electrons. The van der Waals surface area contributed by atoms with Gasteiger partial charge in [0.1, 0.15) is 0 Å². The van der Waals surface area contributed by atoms with E-state index in [0.717, 1.165) is 12.4 Å². The highest BCUT2D eigenvalue weighted by Gasteiger charge is 2.07. The summed E-state index contributed by atoms with van der Waals surface area (Å²) in [7, 11) is 0. The Kier molecular flexibility index (Phi) is 4.95. The topological polar surface area (TPSA) is 15.6 Å². The van der Waals surface area contributed by atoms with Crippen LogP contribution in [-0.2, 0) is 0 Å². The second-order valence-corrected chi connectivity index (χ2v) is 3.65. The number of nitrogens with zero attached hydrogens (tertiary/aromatic N) is 2. The number of rotatable bonds is 3. The van der Waals surface area contributed by atoms with E-state index in [1.807, 2.05) is 0 Å². The van der Waals surface area contributed by atoms with E-state index < -0.39 is 0 Å². The van der Waals surface area contributed by atoms with Crippen molar-refractivity contribution in [1.29, 1.82) is 0 Å². The lowest BCUT2D eigenvalue weighted by Crippen LogP contribution is -2.35. The fourth-order valence-electron chi connectivity index (χ4n) is 1.42. The van der Waals surface area contributed by atoms with Crippen molar-refractivity contribution in [2.45, 2.75) is 53.6 Å². The van der Waals surface area contributed by atoms with Gasteiger partial charge in [0.15, 0.2) is 0 Å². The van der Waals surface area contributed by atoms with Gasteiger partial charge in [-0.2, -0.15) is 0 Å². The third kappa shape index (κ3) is 3.74. The molecule has 0 fully saturated rings. The van der Waals surface area contributed by atoms with Gasteiger partial charge in [0, 0.05) is 18.6 Å². The molecule has 0 rings (SSSR count). The van der Waals surface area contributed by atoms with Gasteiger partial charge in [-0.15, -0.1) is 0 Å². The quantitative estimate of drug-likeness (QED) is 0.469. The SMILES string of the molecule is CCN(C(C)=NC(C)C)C(C)C. The van der Waals surface area contributed by atoms with E-state index in [1.165, 1.54) is 0 Å². The van der Waals surface area contributed by atoms with Crippen molar-refractivity contribution < 1.29 is 0 Å². The van der Waals surface area contributed by atoms with Crippen molar-refractivity contribution in [1.82, 2.24) is 4.90 Å². The van der Waals surface area contributed by atoms with Crippen molar-refractivity contribution in [3.05, 3.63) is 0 Å². The Bertz CT molecular complexity index is 148. The van der Waals surface area contributed by atoms with Crippen LogP contribution in [0.1, 0.15) is 41.5 Å². The Balaban J connectivity index is 4.30. The van der Waals surface area contributed by atoms with E-state index in [-0.39, 0.29) is 0 Å². The molecule has 12 heavy (non-hydrogen) atoms. The predicted octanol–water partition coefficient (Wildman–Crippen LogP) is 2.54. The van der Waals surface area contributed by atoms with E-state index in [1.54, 1.807) is 0 Å². The second kappa shape index (κ2) is 5.18. The monoisotopic (exact) mass is 170 g/mol. The van der Waals surface area contributed by atoms with Crippen LogP contribution in [0.25, 0.3) is 0 Å². The highest BCUT2D eigenvalue weighted by atomic mass is 15.2. The number of hydrogen-bond donors (Lipinski definition) is 0. The zero-order valence-electron chi connectivity index (χ0n) is 9.26. The van der Waals surface area contributed by atoms with Crippen LogP contribution in [0.15, 0.2) is 4.99 Å². The third-order valence-electron chi connectivity index (χ3n) is 1.82. The Labute approximate surface area is 76.7 Å². The van der Waals surface area contributed by atoms with Crippen LogP contribution in [0.3, 0.4) is 0 Å². The summed E-state index contributed by atoms with van der Waals surface area (Å²) < 4.78 is 0. The predicted molar refractivity (Wildman–Crippen MR) is 55.8 cm³/mol. The molecule has 2 heteroatoms. The smallest absolute Gasteiger partial charge is 0.0962 e. The molecule has 0 aromatic heterocycles. The van der Waals surface area contributed by atoms with Gasteiger partial charge in [0.25, 0.3) is 0 Å². The summed E-state index contributed by atoms with van der Waals surface area (Å²) in [6.07, 6.45) is 0. The first-order valence-electron chi connectivity index (χ1n) is 4.80. The van der Waals surface area contributed by atoms with Gasteiger partial charge >= 0.3 is 0 Å². The molecule has 0 amide bonds. The minimum Gasteiger partial charge on any atom is -0.358 e. The second-order valence-electron chi connectivity index (χ2n) is 3.65. The maximum absolute atomic E-state index is 4.51. The zero-order valence-corrected chi connectivity index (χ0v) is 9.26. The van der Waals surface area contributed by atoms with Gasteiger partial charge in [0.2, 0.25) is 0 Å². The van der Waals surface area contributed by atoms with Crippen LogP contribution in [0.4, 0.5) is 0 Å². The third-order valence-corrected chi connectivity index (χ3v) is 1.82. The number of amidine groups is 1. The van der Waals surface area contributed by atoms with E-state index in [2.05, 4.69) is 51.4 Å². The Morgan fingerprint density at radius 1 is 1.25 bits per heavy atom. The average molecular weight is 170 g/mol. The summed E-state index contributed by atoms with van der Waals surface area (Å²) in [5, 5.41) is 0. The van der Waals surface area contributed by atoms with Crippen LogP contribution in [-0.4, -0.2) is 29.4 Å². The van der Waals surface area contributed by atoms with Crippen molar-refractivity contribution in [2.75, 3.05) is 6.54 Å². The van der Waals surface area contributed by atoms with Gasteiger partial charge in [-0.05, 0) is 41.5 Å². The van der Waals surface area contributed by atoms with Crippen molar-refractivity contribution in [3.63, 3.8) is 0 Å². The van der Waals surface area contributed by atoms with Crippen molar-refractivity contribution in [2.24, 2.45) is 4.99 Å². The lowest BCUT2D eigenvalue weighted by molar-refractivity contribution is 0.362. The van der Waals surface area contributed by atoms with Crippen LogP contribution in [0.2, 0.25) is 0 Å². The molecule has 0 N–H and O–H groups in total. The fraction of sp³-hybridized carbons (Fsp3) is 0.900. The molecule has 0 saturated carbocycles. The Morgan fingerprint density at radius 3 is 2.00 bits per heavy atom. The molecule has 2 nitrogen and oxygen atoms in total. The number of hydrogen-bond acceptors (Lipinski definition) is 1. The molecule has 0 aliphatic heterocycles. The summed E-state index contributed by atoms with van der Waals surface area (Å²) >= 11 is 0. The molecular formula is C10H22N2. The summed E-state index contributed by atoms with van der Waals surface area (Å²) in [4.78, 5) is 6.82. The molecule has 0 aliphatic carbocycles. The summed E-state index contributed by atoms with van der Waals surface area (Å²) in [6, 6.07) is 0.954. The summed E-state index contributed by atoms with van der Waals surface area (Å²) in [6.45, 7) is 13.9. The minimum absolute atomic E-state index is 0.401. The molecule has 0 unspecified atom stereocenters. The Hall–Kier alpha value is -0.530. The minimum atomic E-state index is 0.401. The maximum Gasteiger partial charge on any atom is 0.0962 e.